The van der Waals surface area contributed by atoms with Crippen molar-refractivity contribution >= 4 is 21.9 Å². The zero-order chi connectivity index (χ0) is 13.4. The van der Waals surface area contributed by atoms with E-state index in [1.54, 1.807) is 0 Å². The van der Waals surface area contributed by atoms with E-state index in [9.17, 15) is 5.11 Å². The largest absolute Gasteiger partial charge is 0.387 e. The first-order valence-electron chi connectivity index (χ1n) is 6.68. The van der Waals surface area contributed by atoms with Gasteiger partial charge in [0.1, 0.15) is 0 Å². The molecule has 1 unspecified atom stereocenters. The van der Waals surface area contributed by atoms with Gasteiger partial charge in [0.05, 0.1) is 6.10 Å². The minimum atomic E-state index is -0.465. The minimum absolute atomic E-state index is 0.277. The molecule has 0 fully saturated rings. The van der Waals surface area contributed by atoms with Gasteiger partial charge in [-0.25, -0.2) is 0 Å². The van der Waals surface area contributed by atoms with Gasteiger partial charge in [-0.2, -0.15) is 0 Å². The van der Waals surface area contributed by atoms with Gasteiger partial charge in [-0.05, 0) is 38.6 Å². The second-order valence-electron chi connectivity index (χ2n) is 6.10. The van der Waals surface area contributed by atoms with Crippen LogP contribution in [0.25, 0.3) is 21.9 Å². The van der Waals surface area contributed by atoms with Crippen LogP contribution in [0.3, 0.4) is 0 Å². The summed E-state index contributed by atoms with van der Waals surface area (Å²) in [4.78, 5) is 0. The fourth-order valence-electron chi connectivity index (χ4n) is 3.51. The summed E-state index contributed by atoms with van der Waals surface area (Å²) in [5.41, 5.74) is 5.44. The first-order chi connectivity index (χ1) is 9.03. The molecule has 0 spiro atoms. The number of hydrogen-bond acceptors (Lipinski definition) is 1. The molecule has 94 valence electrons. The normalized spacial score (nSPS) is 23.3. The molecule has 0 aliphatic heterocycles. The average Bonchev–Trinajstić information content (AvgIpc) is 2.81. The maximum absolute atomic E-state index is 10.7. The van der Waals surface area contributed by atoms with E-state index in [2.05, 4.69) is 56.8 Å². The summed E-state index contributed by atoms with van der Waals surface area (Å²) in [7, 11) is 0. The molecule has 2 aromatic carbocycles. The third kappa shape index (κ3) is 1.10. The summed E-state index contributed by atoms with van der Waals surface area (Å²) in [5, 5.41) is 13.2. The summed E-state index contributed by atoms with van der Waals surface area (Å²) in [6.45, 7) is 8.39. The van der Waals surface area contributed by atoms with Crippen molar-refractivity contribution < 1.29 is 5.11 Å². The van der Waals surface area contributed by atoms with Crippen molar-refractivity contribution in [3.63, 3.8) is 0 Å². The summed E-state index contributed by atoms with van der Waals surface area (Å²) < 4.78 is 0. The molecule has 2 aliphatic carbocycles. The highest BCUT2D eigenvalue weighted by Gasteiger charge is 2.46. The third-order valence-corrected chi connectivity index (χ3v) is 4.77. The zero-order valence-electron chi connectivity index (χ0n) is 11.2. The van der Waals surface area contributed by atoms with E-state index in [1.165, 1.54) is 27.5 Å². The van der Waals surface area contributed by atoms with E-state index in [1.807, 2.05) is 0 Å². The maximum Gasteiger partial charge on any atom is 0.0893 e. The van der Waals surface area contributed by atoms with Gasteiger partial charge in [0.2, 0.25) is 0 Å². The topological polar surface area (TPSA) is 20.2 Å². The van der Waals surface area contributed by atoms with E-state index in [0.717, 1.165) is 11.1 Å². The van der Waals surface area contributed by atoms with E-state index in [0.29, 0.717) is 0 Å². The number of aliphatic hydroxyl groups is 1. The van der Waals surface area contributed by atoms with Crippen molar-refractivity contribution in [1.82, 2.24) is 0 Å². The van der Waals surface area contributed by atoms with Crippen LogP contribution in [0.5, 0.6) is 0 Å². The lowest BCUT2D eigenvalue weighted by atomic mass is 9.79. The van der Waals surface area contributed by atoms with Gasteiger partial charge in [-0.15, -0.1) is 0 Å². The van der Waals surface area contributed by atoms with Gasteiger partial charge >= 0.3 is 0 Å². The van der Waals surface area contributed by atoms with Crippen molar-refractivity contribution in [2.75, 3.05) is 0 Å². The molecule has 0 amide bonds. The molecule has 1 atom stereocenters. The maximum atomic E-state index is 10.7. The third-order valence-electron chi connectivity index (χ3n) is 4.77. The molecular formula is C18H16O. The lowest BCUT2D eigenvalue weighted by molar-refractivity contribution is 0.137. The lowest BCUT2D eigenvalue weighted by Gasteiger charge is -2.27. The Hall–Kier alpha value is -1.86. The van der Waals surface area contributed by atoms with Crippen molar-refractivity contribution in [3.05, 3.63) is 59.7 Å². The molecule has 19 heavy (non-hydrogen) atoms. The van der Waals surface area contributed by atoms with E-state index in [4.69, 9.17) is 0 Å². The molecule has 0 saturated carbocycles. The quantitative estimate of drug-likeness (QED) is 0.746. The van der Waals surface area contributed by atoms with Crippen LogP contribution in [0.15, 0.2) is 48.6 Å². The second-order valence-corrected chi connectivity index (χ2v) is 6.10. The molecule has 0 heterocycles. The molecule has 2 aliphatic rings. The Morgan fingerprint density at radius 2 is 1.68 bits per heavy atom. The molecule has 4 rings (SSSR count). The number of hydrogen-bond donors (Lipinski definition) is 1. The number of allylic oxidation sites excluding steroid dienone is 1. The van der Waals surface area contributed by atoms with Crippen molar-refractivity contribution in [3.8, 4) is 0 Å². The molecule has 0 saturated heterocycles. The SMILES string of the molecule is C=C1C2=C(c3cccc4cccc2c34)C(O)C1(C)C. The predicted octanol–water partition coefficient (Wildman–Crippen LogP) is 4.02. The highest BCUT2D eigenvalue weighted by atomic mass is 16.3. The first-order valence-corrected chi connectivity index (χ1v) is 6.68. The Balaban J connectivity index is 2.14. The average molecular weight is 248 g/mol. The Bertz CT molecular complexity index is 772. The first kappa shape index (κ1) is 11.0. The van der Waals surface area contributed by atoms with E-state index in [-0.39, 0.29) is 5.41 Å². The zero-order valence-corrected chi connectivity index (χ0v) is 11.2. The molecule has 1 N–H and O–H groups in total. The minimum Gasteiger partial charge on any atom is -0.387 e. The van der Waals surface area contributed by atoms with Crippen LogP contribution >= 0.6 is 0 Å². The van der Waals surface area contributed by atoms with Gasteiger partial charge in [0, 0.05) is 5.41 Å². The van der Waals surface area contributed by atoms with Gasteiger partial charge in [0.25, 0.3) is 0 Å². The molecule has 1 heteroatoms. The molecule has 0 radical (unpaired) electrons. The predicted molar refractivity (Wildman–Crippen MR) is 79.7 cm³/mol. The summed E-state index contributed by atoms with van der Waals surface area (Å²) in [6.07, 6.45) is -0.465. The smallest absolute Gasteiger partial charge is 0.0893 e. The van der Waals surface area contributed by atoms with Crippen LogP contribution in [-0.4, -0.2) is 11.2 Å². The van der Waals surface area contributed by atoms with Crippen LogP contribution in [0, 0.1) is 5.41 Å². The summed E-state index contributed by atoms with van der Waals surface area (Å²) in [5.74, 6) is 0. The highest BCUT2D eigenvalue weighted by Crippen LogP contribution is 2.58. The Labute approximate surface area is 112 Å². The van der Waals surface area contributed by atoms with Crippen molar-refractivity contribution in [2.24, 2.45) is 5.41 Å². The van der Waals surface area contributed by atoms with Gasteiger partial charge in [-0.1, -0.05) is 56.8 Å². The van der Waals surface area contributed by atoms with Crippen molar-refractivity contribution in [2.45, 2.75) is 20.0 Å². The van der Waals surface area contributed by atoms with Crippen LogP contribution in [-0.2, 0) is 0 Å². The van der Waals surface area contributed by atoms with Crippen LogP contribution in [0.1, 0.15) is 25.0 Å². The number of aliphatic hydroxyl groups excluding tert-OH is 1. The molecule has 0 aromatic heterocycles. The van der Waals surface area contributed by atoms with Crippen LogP contribution in [0.2, 0.25) is 0 Å². The Morgan fingerprint density at radius 3 is 2.37 bits per heavy atom. The van der Waals surface area contributed by atoms with Gasteiger partial charge < -0.3 is 5.11 Å². The molecule has 0 bridgehead atoms. The number of rotatable bonds is 0. The summed E-state index contributed by atoms with van der Waals surface area (Å²) in [6, 6.07) is 12.7. The van der Waals surface area contributed by atoms with Gasteiger partial charge in [-0.3, -0.25) is 0 Å². The standard InChI is InChI=1S/C18H16O/c1-10-14-12-8-4-6-11-7-5-9-13(15(11)12)16(14)17(19)18(10,2)3/h4-9,17,19H,1H2,2-3H3. The van der Waals surface area contributed by atoms with Crippen LogP contribution in [0.4, 0.5) is 0 Å². The van der Waals surface area contributed by atoms with Crippen molar-refractivity contribution in [1.29, 1.82) is 0 Å². The number of benzene rings is 2. The molecular weight excluding hydrogens is 232 g/mol. The number of fused-ring (bicyclic) bond motifs is 2. The Kier molecular flexibility index (Phi) is 1.84. The van der Waals surface area contributed by atoms with Gasteiger partial charge in [0.15, 0.2) is 0 Å². The molecule has 1 nitrogen and oxygen atoms in total. The Morgan fingerprint density at radius 1 is 1.05 bits per heavy atom. The van der Waals surface area contributed by atoms with E-state index >= 15 is 0 Å². The fraction of sp³-hybridized carbons (Fsp3) is 0.222. The fourth-order valence-corrected chi connectivity index (χ4v) is 3.51. The molecule has 2 aromatic rings. The van der Waals surface area contributed by atoms with Crippen LogP contribution < -0.4 is 0 Å². The van der Waals surface area contributed by atoms with E-state index < -0.39 is 6.10 Å². The highest BCUT2D eigenvalue weighted by molar-refractivity contribution is 6.20. The summed E-state index contributed by atoms with van der Waals surface area (Å²) >= 11 is 0. The lowest BCUT2D eigenvalue weighted by Crippen LogP contribution is -2.26. The second kappa shape index (κ2) is 3.17. The monoisotopic (exact) mass is 248 g/mol.